The molecular weight excluding hydrogens is 444 g/mol. The van der Waals surface area contributed by atoms with E-state index in [0.29, 0.717) is 22.4 Å². The number of nitrogens with one attached hydrogen (secondary N) is 1. The number of H-pyrrole nitrogens is 1. The maximum atomic E-state index is 11.4. The van der Waals surface area contributed by atoms with E-state index in [9.17, 15) is 9.90 Å². The van der Waals surface area contributed by atoms with E-state index in [2.05, 4.69) is 35.1 Å². The molecule has 8 heteroatoms. The van der Waals surface area contributed by atoms with Gasteiger partial charge in [0.05, 0.1) is 17.0 Å². The SMILES string of the molecule is CC(=Nc1ccc(CN(C)Cc2ccc3c(c2)OCO3)cc1)c1c(O)[nH]c2cc(C(N)=O)ccc12. The summed E-state index contributed by atoms with van der Waals surface area (Å²) in [5.74, 6) is 1.07. The van der Waals surface area contributed by atoms with Crippen LogP contribution in [0.15, 0.2) is 65.7 Å². The number of aliphatic imine (C=N–C) groups is 1. The highest BCUT2D eigenvalue weighted by Gasteiger charge is 2.16. The van der Waals surface area contributed by atoms with E-state index in [1.807, 2.05) is 31.2 Å². The molecule has 1 amide bonds. The van der Waals surface area contributed by atoms with Gasteiger partial charge in [0.2, 0.25) is 12.7 Å². The van der Waals surface area contributed by atoms with E-state index in [-0.39, 0.29) is 12.7 Å². The van der Waals surface area contributed by atoms with Gasteiger partial charge in [0.15, 0.2) is 17.4 Å². The third-order valence-corrected chi connectivity index (χ3v) is 6.00. The van der Waals surface area contributed by atoms with Crippen molar-refractivity contribution in [3.05, 3.63) is 82.9 Å². The summed E-state index contributed by atoms with van der Waals surface area (Å²) in [7, 11) is 2.07. The van der Waals surface area contributed by atoms with E-state index in [1.54, 1.807) is 18.2 Å². The van der Waals surface area contributed by atoms with E-state index in [4.69, 9.17) is 20.2 Å². The first-order valence-corrected chi connectivity index (χ1v) is 11.2. The number of nitrogens with two attached hydrogens (primary N) is 1. The summed E-state index contributed by atoms with van der Waals surface area (Å²) in [6, 6.07) is 19.1. The number of aromatic amines is 1. The van der Waals surface area contributed by atoms with Crippen LogP contribution in [-0.2, 0) is 13.1 Å². The zero-order valence-corrected chi connectivity index (χ0v) is 19.5. The monoisotopic (exact) mass is 470 g/mol. The quantitative estimate of drug-likeness (QED) is 0.345. The zero-order valence-electron chi connectivity index (χ0n) is 19.5. The third kappa shape index (κ3) is 4.69. The van der Waals surface area contributed by atoms with Gasteiger partial charge in [-0.2, -0.15) is 0 Å². The number of carbonyl (C=O) groups excluding carboxylic acids is 1. The molecule has 4 aromatic rings. The average Bonchev–Trinajstić information content (AvgIpc) is 3.42. The van der Waals surface area contributed by atoms with E-state index in [0.717, 1.165) is 41.2 Å². The Morgan fingerprint density at radius 1 is 1.03 bits per heavy atom. The van der Waals surface area contributed by atoms with Crippen molar-refractivity contribution >= 4 is 28.2 Å². The second-order valence-electron chi connectivity index (χ2n) is 8.70. The second kappa shape index (κ2) is 9.15. The van der Waals surface area contributed by atoms with Crippen molar-refractivity contribution in [1.29, 1.82) is 0 Å². The number of hydrogen-bond acceptors (Lipinski definition) is 6. The maximum absolute atomic E-state index is 11.4. The number of aromatic nitrogens is 1. The molecule has 4 N–H and O–H groups in total. The van der Waals surface area contributed by atoms with Gasteiger partial charge in [-0.25, -0.2) is 0 Å². The van der Waals surface area contributed by atoms with Crippen LogP contribution in [0.25, 0.3) is 10.9 Å². The van der Waals surface area contributed by atoms with Gasteiger partial charge in [-0.1, -0.05) is 24.3 Å². The summed E-state index contributed by atoms with van der Waals surface area (Å²) in [5.41, 5.74) is 10.7. The Bertz CT molecular complexity index is 1440. The van der Waals surface area contributed by atoms with Crippen molar-refractivity contribution in [1.82, 2.24) is 9.88 Å². The van der Waals surface area contributed by atoms with Crippen LogP contribution in [-0.4, -0.2) is 40.4 Å². The lowest BCUT2D eigenvalue weighted by atomic mass is 10.1. The van der Waals surface area contributed by atoms with Crippen molar-refractivity contribution < 1.29 is 19.4 Å². The molecule has 1 aliphatic rings. The normalized spacial score (nSPS) is 13.1. The molecule has 5 rings (SSSR count). The number of ether oxygens (including phenoxy) is 2. The van der Waals surface area contributed by atoms with Crippen LogP contribution in [0.1, 0.15) is 34.0 Å². The van der Waals surface area contributed by atoms with E-state index < -0.39 is 5.91 Å². The fraction of sp³-hybridized carbons (Fsp3) is 0.185. The molecule has 1 aromatic heterocycles. The minimum absolute atomic E-state index is 0.00429. The van der Waals surface area contributed by atoms with E-state index >= 15 is 0 Å². The molecule has 0 bridgehead atoms. The van der Waals surface area contributed by atoms with Crippen molar-refractivity contribution in [2.24, 2.45) is 10.7 Å². The Hall–Kier alpha value is -4.30. The van der Waals surface area contributed by atoms with Crippen molar-refractivity contribution in [2.45, 2.75) is 20.0 Å². The van der Waals surface area contributed by atoms with Crippen molar-refractivity contribution in [3.63, 3.8) is 0 Å². The van der Waals surface area contributed by atoms with Crippen LogP contribution in [0.2, 0.25) is 0 Å². The number of hydrogen-bond donors (Lipinski definition) is 3. The van der Waals surface area contributed by atoms with Gasteiger partial charge in [0, 0.05) is 29.6 Å². The number of rotatable bonds is 7. The van der Waals surface area contributed by atoms with Crippen LogP contribution >= 0.6 is 0 Å². The number of primary amides is 1. The molecule has 1 aliphatic heterocycles. The molecule has 0 aliphatic carbocycles. The Labute approximate surface area is 202 Å². The Morgan fingerprint density at radius 2 is 1.74 bits per heavy atom. The van der Waals surface area contributed by atoms with Crippen LogP contribution in [0.3, 0.4) is 0 Å². The van der Waals surface area contributed by atoms with Gasteiger partial charge in [-0.3, -0.25) is 14.7 Å². The van der Waals surface area contributed by atoms with Gasteiger partial charge < -0.3 is 25.3 Å². The van der Waals surface area contributed by atoms with Crippen molar-refractivity contribution in [2.75, 3.05) is 13.8 Å². The summed E-state index contributed by atoms with van der Waals surface area (Å²) in [6.45, 7) is 3.69. The molecule has 0 saturated carbocycles. The van der Waals surface area contributed by atoms with Gasteiger partial charge in [0.1, 0.15) is 0 Å². The molecule has 0 fully saturated rings. The number of fused-ring (bicyclic) bond motifs is 2. The molecule has 178 valence electrons. The molecular formula is C27H26N4O4. The van der Waals surface area contributed by atoms with Gasteiger partial charge in [-0.15, -0.1) is 0 Å². The minimum Gasteiger partial charge on any atom is -0.494 e. The number of nitrogens with zero attached hydrogens (tertiary/aromatic N) is 2. The minimum atomic E-state index is -0.519. The van der Waals surface area contributed by atoms with Gasteiger partial charge >= 0.3 is 0 Å². The maximum Gasteiger partial charge on any atom is 0.248 e. The molecule has 8 nitrogen and oxygen atoms in total. The molecule has 0 spiro atoms. The highest BCUT2D eigenvalue weighted by atomic mass is 16.7. The zero-order chi connectivity index (χ0) is 24.5. The molecule has 2 heterocycles. The fourth-order valence-electron chi connectivity index (χ4n) is 4.35. The highest BCUT2D eigenvalue weighted by molar-refractivity contribution is 6.13. The number of amides is 1. The lowest BCUT2D eigenvalue weighted by Gasteiger charge is -2.17. The first kappa shape index (κ1) is 22.5. The Kier molecular flexibility index (Phi) is 5.88. The van der Waals surface area contributed by atoms with Crippen LogP contribution in [0, 0.1) is 0 Å². The van der Waals surface area contributed by atoms with Crippen LogP contribution in [0.4, 0.5) is 5.69 Å². The largest absolute Gasteiger partial charge is 0.494 e. The first-order chi connectivity index (χ1) is 16.9. The molecule has 0 saturated heterocycles. The second-order valence-corrected chi connectivity index (χ2v) is 8.70. The molecule has 3 aromatic carbocycles. The van der Waals surface area contributed by atoms with Crippen LogP contribution in [0.5, 0.6) is 17.4 Å². The Balaban J connectivity index is 1.28. The predicted octanol–water partition coefficient (Wildman–Crippen LogP) is 4.47. The van der Waals surface area contributed by atoms with Crippen molar-refractivity contribution in [3.8, 4) is 17.4 Å². The van der Waals surface area contributed by atoms with Gasteiger partial charge in [0.25, 0.3) is 0 Å². The number of benzene rings is 3. The summed E-state index contributed by atoms with van der Waals surface area (Å²) < 4.78 is 10.8. The predicted molar refractivity (Wildman–Crippen MR) is 135 cm³/mol. The van der Waals surface area contributed by atoms with Crippen LogP contribution < -0.4 is 15.2 Å². The summed E-state index contributed by atoms with van der Waals surface area (Å²) in [4.78, 5) is 21.3. The summed E-state index contributed by atoms with van der Waals surface area (Å²) >= 11 is 0. The summed E-state index contributed by atoms with van der Waals surface area (Å²) in [5, 5.41) is 11.2. The fourth-order valence-corrected chi connectivity index (χ4v) is 4.35. The standard InChI is InChI=1S/C27H26N4O4/c1-16(25-21-9-6-19(26(28)32)12-22(21)30-27(25)33)29-20-7-3-17(4-8-20)13-31(2)14-18-5-10-23-24(11-18)35-15-34-23/h3-12,30,33H,13-15H2,1-2H3,(H2,28,32). The summed E-state index contributed by atoms with van der Waals surface area (Å²) in [6.07, 6.45) is 0. The lowest BCUT2D eigenvalue weighted by Crippen LogP contribution is -2.17. The molecule has 35 heavy (non-hydrogen) atoms. The molecule has 0 atom stereocenters. The lowest BCUT2D eigenvalue weighted by molar-refractivity contribution is 0.100. The topological polar surface area (TPSA) is 113 Å². The molecule has 0 radical (unpaired) electrons. The number of carbonyl (C=O) groups is 1. The number of aromatic hydroxyl groups is 1. The smallest absolute Gasteiger partial charge is 0.248 e. The van der Waals surface area contributed by atoms with E-state index in [1.165, 1.54) is 5.56 Å². The average molecular weight is 471 g/mol. The highest BCUT2D eigenvalue weighted by Crippen LogP contribution is 2.33. The van der Waals surface area contributed by atoms with Gasteiger partial charge in [-0.05, 0) is 61.5 Å². The molecule has 0 unspecified atom stereocenters. The first-order valence-electron chi connectivity index (χ1n) is 11.2. The Morgan fingerprint density at radius 3 is 2.51 bits per heavy atom. The third-order valence-electron chi connectivity index (χ3n) is 6.00.